The number of rotatable bonds is 1. The van der Waals surface area contributed by atoms with Gasteiger partial charge in [-0.15, -0.1) is 0 Å². The number of likely N-dealkylation sites (N-methyl/N-ethyl adjacent to an activating group) is 1. The van der Waals surface area contributed by atoms with Crippen molar-refractivity contribution in [3.63, 3.8) is 0 Å². The second-order valence-corrected chi connectivity index (χ2v) is 6.04. The molecule has 1 aliphatic heterocycles. The van der Waals surface area contributed by atoms with Gasteiger partial charge in [0.25, 0.3) is 0 Å². The Morgan fingerprint density at radius 3 is 2.94 bits per heavy atom. The second kappa shape index (κ2) is 4.68. The normalized spacial score (nSPS) is 21.6. The Morgan fingerprint density at radius 2 is 2.17 bits per heavy atom. The number of hydrogen-bond donors (Lipinski definition) is 1. The summed E-state index contributed by atoms with van der Waals surface area (Å²) < 4.78 is 3.36. The van der Waals surface area contributed by atoms with E-state index in [2.05, 4.69) is 69.2 Å². The molecule has 0 radical (unpaired) electrons. The van der Waals surface area contributed by atoms with E-state index in [4.69, 9.17) is 0 Å². The Balaban J connectivity index is 2.08. The second-order valence-electron chi connectivity index (χ2n) is 5.13. The van der Waals surface area contributed by atoms with Crippen LogP contribution in [0.5, 0.6) is 0 Å². The molecule has 1 unspecified atom stereocenters. The first-order valence-corrected chi connectivity index (χ1v) is 7.11. The van der Waals surface area contributed by atoms with E-state index in [-0.39, 0.29) is 0 Å². The molecule has 0 aliphatic carbocycles. The molecular formula is C14H18BrN3. The maximum absolute atomic E-state index is 3.62. The van der Waals surface area contributed by atoms with E-state index < -0.39 is 0 Å². The summed E-state index contributed by atoms with van der Waals surface area (Å²) >= 11 is 3.57. The summed E-state index contributed by atoms with van der Waals surface area (Å²) in [5.41, 5.74) is 2.70. The zero-order valence-corrected chi connectivity index (χ0v) is 12.4. The van der Waals surface area contributed by atoms with Crippen LogP contribution in [-0.4, -0.2) is 36.1 Å². The minimum atomic E-state index is 0.432. The van der Waals surface area contributed by atoms with Crippen molar-refractivity contribution in [3.05, 3.63) is 34.4 Å². The highest BCUT2D eigenvalue weighted by Crippen LogP contribution is 2.29. The molecule has 0 bridgehead atoms. The lowest BCUT2D eigenvalue weighted by atomic mass is 10.0. The van der Waals surface area contributed by atoms with Crippen LogP contribution in [0.15, 0.2) is 28.9 Å². The molecule has 3 nitrogen and oxygen atoms in total. The molecule has 1 atom stereocenters. The van der Waals surface area contributed by atoms with E-state index in [1.165, 1.54) is 16.5 Å². The molecule has 1 aromatic heterocycles. The first kappa shape index (κ1) is 12.2. The van der Waals surface area contributed by atoms with Gasteiger partial charge in [0, 0.05) is 54.3 Å². The van der Waals surface area contributed by atoms with Gasteiger partial charge in [0.05, 0.1) is 0 Å². The topological polar surface area (TPSA) is 20.2 Å². The van der Waals surface area contributed by atoms with Gasteiger partial charge in [-0.1, -0.05) is 15.9 Å². The predicted octanol–water partition coefficient (Wildman–Crippen LogP) is 2.52. The summed E-state index contributed by atoms with van der Waals surface area (Å²) in [5.74, 6) is 0. The SMILES string of the molecule is CN1CCNC(c2cn(C)c3ccc(Br)cc23)C1. The first-order valence-electron chi connectivity index (χ1n) is 6.31. The molecule has 1 saturated heterocycles. The average molecular weight is 308 g/mol. The smallest absolute Gasteiger partial charge is 0.0481 e. The highest BCUT2D eigenvalue weighted by molar-refractivity contribution is 9.10. The molecule has 2 aromatic rings. The minimum Gasteiger partial charge on any atom is -0.350 e. The molecule has 96 valence electrons. The van der Waals surface area contributed by atoms with Gasteiger partial charge in [-0.3, -0.25) is 0 Å². The molecule has 0 saturated carbocycles. The summed E-state index contributed by atoms with van der Waals surface area (Å²) in [7, 11) is 4.31. The van der Waals surface area contributed by atoms with Gasteiger partial charge in [-0.05, 0) is 30.8 Å². The molecule has 3 rings (SSSR count). The van der Waals surface area contributed by atoms with Gasteiger partial charge in [-0.2, -0.15) is 0 Å². The van der Waals surface area contributed by atoms with Crippen LogP contribution in [0.25, 0.3) is 10.9 Å². The third-order valence-corrected chi connectivity index (χ3v) is 4.23. The number of nitrogens with zero attached hydrogens (tertiary/aromatic N) is 2. The van der Waals surface area contributed by atoms with Crippen molar-refractivity contribution in [1.82, 2.24) is 14.8 Å². The maximum Gasteiger partial charge on any atom is 0.0481 e. The lowest BCUT2D eigenvalue weighted by Gasteiger charge is -2.30. The Kier molecular flexibility index (Phi) is 3.18. The van der Waals surface area contributed by atoms with Gasteiger partial charge in [0.2, 0.25) is 0 Å². The van der Waals surface area contributed by atoms with Crippen LogP contribution >= 0.6 is 15.9 Å². The van der Waals surface area contributed by atoms with Crippen molar-refractivity contribution in [2.24, 2.45) is 7.05 Å². The van der Waals surface area contributed by atoms with Gasteiger partial charge in [-0.25, -0.2) is 0 Å². The van der Waals surface area contributed by atoms with Crippen LogP contribution in [0.2, 0.25) is 0 Å². The molecule has 0 spiro atoms. The fraction of sp³-hybridized carbons (Fsp3) is 0.429. The number of benzene rings is 1. The van der Waals surface area contributed by atoms with E-state index in [1.807, 2.05) is 0 Å². The van der Waals surface area contributed by atoms with Crippen LogP contribution in [0.1, 0.15) is 11.6 Å². The van der Waals surface area contributed by atoms with Crippen molar-refractivity contribution in [1.29, 1.82) is 0 Å². The van der Waals surface area contributed by atoms with Crippen molar-refractivity contribution >= 4 is 26.8 Å². The quantitative estimate of drug-likeness (QED) is 0.873. The fourth-order valence-corrected chi connectivity index (χ4v) is 3.14. The van der Waals surface area contributed by atoms with Crippen LogP contribution in [-0.2, 0) is 7.05 Å². The summed E-state index contributed by atoms with van der Waals surface area (Å²) in [5, 5.41) is 4.97. The summed E-state index contributed by atoms with van der Waals surface area (Å²) in [6, 6.07) is 6.94. The van der Waals surface area contributed by atoms with Crippen LogP contribution in [0.3, 0.4) is 0 Å². The van der Waals surface area contributed by atoms with E-state index in [1.54, 1.807) is 0 Å². The minimum absolute atomic E-state index is 0.432. The van der Waals surface area contributed by atoms with Crippen molar-refractivity contribution in [2.75, 3.05) is 26.7 Å². The van der Waals surface area contributed by atoms with E-state index >= 15 is 0 Å². The third kappa shape index (κ3) is 2.09. The molecule has 0 amide bonds. The molecule has 18 heavy (non-hydrogen) atoms. The number of hydrogen-bond acceptors (Lipinski definition) is 2. The zero-order chi connectivity index (χ0) is 12.7. The monoisotopic (exact) mass is 307 g/mol. The van der Waals surface area contributed by atoms with E-state index in [0.29, 0.717) is 6.04 Å². The van der Waals surface area contributed by atoms with Gasteiger partial charge in [0.1, 0.15) is 0 Å². The Hall–Kier alpha value is -0.840. The van der Waals surface area contributed by atoms with Crippen LogP contribution in [0.4, 0.5) is 0 Å². The summed E-state index contributed by atoms with van der Waals surface area (Å²) in [6.45, 7) is 3.27. The van der Waals surface area contributed by atoms with Crippen molar-refractivity contribution in [3.8, 4) is 0 Å². The number of fused-ring (bicyclic) bond motifs is 1. The average Bonchev–Trinajstić information content (AvgIpc) is 2.66. The number of nitrogens with one attached hydrogen (secondary N) is 1. The van der Waals surface area contributed by atoms with Gasteiger partial charge in [0.15, 0.2) is 0 Å². The molecule has 1 aliphatic rings. The fourth-order valence-electron chi connectivity index (χ4n) is 2.78. The lowest BCUT2D eigenvalue weighted by molar-refractivity contribution is 0.241. The number of piperazine rings is 1. The maximum atomic E-state index is 3.62. The highest BCUT2D eigenvalue weighted by Gasteiger charge is 2.21. The van der Waals surface area contributed by atoms with Gasteiger partial charge < -0.3 is 14.8 Å². The van der Waals surface area contributed by atoms with E-state index in [0.717, 1.165) is 24.1 Å². The molecule has 1 aromatic carbocycles. The Labute approximate surface area is 116 Å². The summed E-state index contributed by atoms with van der Waals surface area (Å²) in [6.07, 6.45) is 2.26. The Bertz CT molecular complexity index is 576. The Morgan fingerprint density at radius 1 is 1.33 bits per heavy atom. The molecule has 4 heteroatoms. The molecule has 2 heterocycles. The molecule has 1 N–H and O–H groups in total. The standard InChI is InChI=1S/C14H18BrN3/c1-17-6-5-16-13(9-17)12-8-18(2)14-4-3-10(15)7-11(12)14/h3-4,7-8,13,16H,5-6,9H2,1-2H3. The molecular weight excluding hydrogens is 290 g/mol. The van der Waals surface area contributed by atoms with Crippen molar-refractivity contribution < 1.29 is 0 Å². The third-order valence-electron chi connectivity index (χ3n) is 3.74. The zero-order valence-electron chi connectivity index (χ0n) is 10.8. The van der Waals surface area contributed by atoms with Crippen LogP contribution < -0.4 is 5.32 Å². The summed E-state index contributed by atoms with van der Waals surface area (Å²) in [4.78, 5) is 2.39. The lowest BCUT2D eigenvalue weighted by Crippen LogP contribution is -2.43. The number of aryl methyl sites for hydroxylation is 1. The van der Waals surface area contributed by atoms with Crippen molar-refractivity contribution in [2.45, 2.75) is 6.04 Å². The number of aromatic nitrogens is 1. The highest BCUT2D eigenvalue weighted by atomic mass is 79.9. The van der Waals surface area contributed by atoms with E-state index in [9.17, 15) is 0 Å². The largest absolute Gasteiger partial charge is 0.350 e. The van der Waals surface area contributed by atoms with Gasteiger partial charge >= 0.3 is 0 Å². The number of halogens is 1. The first-order chi connectivity index (χ1) is 8.65. The van der Waals surface area contributed by atoms with Crippen LogP contribution in [0, 0.1) is 0 Å². The molecule has 1 fully saturated rings. The predicted molar refractivity (Wildman–Crippen MR) is 78.9 cm³/mol.